The van der Waals surface area contributed by atoms with Crippen LogP contribution in [0.15, 0.2) is 42.5 Å². The Hall–Kier alpha value is -2.40. The molecule has 2 N–H and O–H groups in total. The van der Waals surface area contributed by atoms with Crippen LogP contribution in [0.5, 0.6) is 0 Å². The molecule has 5 nitrogen and oxygen atoms in total. The predicted octanol–water partition coefficient (Wildman–Crippen LogP) is 2.96. The second-order valence-corrected chi connectivity index (χ2v) is 6.16. The van der Waals surface area contributed by atoms with Crippen molar-refractivity contribution >= 4 is 28.3 Å². The number of rotatable bonds is 7. The molecule has 2 aromatic rings. The molecule has 24 heavy (non-hydrogen) atoms. The van der Waals surface area contributed by atoms with Crippen LogP contribution in [0, 0.1) is 5.92 Å². The Kier molecular flexibility index (Phi) is 6.32. The van der Waals surface area contributed by atoms with E-state index in [1.165, 1.54) is 7.11 Å². The number of carbonyl (C=O) groups excluding carboxylic acids is 2. The number of benzene rings is 2. The highest BCUT2D eigenvalue weighted by molar-refractivity contribution is 6.02. The summed E-state index contributed by atoms with van der Waals surface area (Å²) in [7, 11) is 1.35. The fraction of sp³-hybridized carbons (Fsp3) is 0.368. The molecule has 0 heterocycles. The summed E-state index contributed by atoms with van der Waals surface area (Å²) in [5.41, 5.74) is 0.762. The van der Waals surface area contributed by atoms with Crippen LogP contribution >= 0.6 is 0 Å². The van der Waals surface area contributed by atoms with E-state index in [0.29, 0.717) is 12.3 Å². The number of nitrogens with one attached hydrogen (secondary N) is 2. The largest absolute Gasteiger partial charge is 0.468 e. The molecule has 0 aliphatic heterocycles. The van der Waals surface area contributed by atoms with Gasteiger partial charge >= 0.3 is 5.97 Å². The number of anilines is 1. The third-order valence-corrected chi connectivity index (χ3v) is 3.77. The Labute approximate surface area is 142 Å². The highest BCUT2D eigenvalue weighted by Crippen LogP contribution is 2.22. The van der Waals surface area contributed by atoms with Crippen molar-refractivity contribution in [2.45, 2.75) is 26.3 Å². The quantitative estimate of drug-likeness (QED) is 0.767. The molecule has 0 bridgehead atoms. The van der Waals surface area contributed by atoms with E-state index in [4.69, 9.17) is 4.74 Å². The third kappa shape index (κ3) is 4.80. The van der Waals surface area contributed by atoms with Gasteiger partial charge in [-0.25, -0.2) is 0 Å². The number of hydrogen-bond donors (Lipinski definition) is 2. The molecule has 128 valence electrons. The molecule has 2 aromatic carbocycles. The van der Waals surface area contributed by atoms with Crippen molar-refractivity contribution in [3.05, 3.63) is 42.5 Å². The summed E-state index contributed by atoms with van der Waals surface area (Å²) in [6, 6.07) is 13.2. The van der Waals surface area contributed by atoms with Crippen molar-refractivity contribution in [2.75, 3.05) is 19.0 Å². The lowest BCUT2D eigenvalue weighted by Crippen LogP contribution is -2.42. The average Bonchev–Trinajstić information content (AvgIpc) is 2.58. The van der Waals surface area contributed by atoms with Gasteiger partial charge in [-0.1, -0.05) is 50.2 Å². The Morgan fingerprint density at radius 3 is 2.50 bits per heavy atom. The second-order valence-electron chi connectivity index (χ2n) is 6.16. The Bertz CT molecular complexity index is 707. The fourth-order valence-corrected chi connectivity index (χ4v) is 2.62. The van der Waals surface area contributed by atoms with Crippen LogP contribution in [0.25, 0.3) is 10.8 Å². The molecule has 0 radical (unpaired) electrons. The van der Waals surface area contributed by atoms with Crippen LogP contribution in [0.2, 0.25) is 0 Å². The van der Waals surface area contributed by atoms with Gasteiger partial charge in [-0.05, 0) is 23.8 Å². The molecule has 1 unspecified atom stereocenters. The van der Waals surface area contributed by atoms with E-state index in [9.17, 15) is 9.59 Å². The van der Waals surface area contributed by atoms with Gasteiger partial charge in [0, 0.05) is 11.1 Å². The standard InChI is InChI=1S/C19H24N2O3/c1-13(2)11-17(19(23)24-3)20-12-18(22)21-16-10-6-8-14-7-4-5-9-15(14)16/h4-10,13,17,20H,11-12H2,1-3H3,(H,21,22). The molecule has 0 saturated heterocycles. The number of methoxy groups -OCH3 is 1. The van der Waals surface area contributed by atoms with Crippen LogP contribution in [-0.4, -0.2) is 31.6 Å². The maximum Gasteiger partial charge on any atom is 0.322 e. The number of esters is 1. The summed E-state index contributed by atoms with van der Waals surface area (Å²) in [5.74, 6) is -0.214. The molecule has 0 aliphatic rings. The van der Waals surface area contributed by atoms with Gasteiger partial charge in [0.2, 0.25) is 5.91 Å². The van der Waals surface area contributed by atoms with E-state index in [1.807, 2.05) is 56.3 Å². The molecule has 1 atom stereocenters. The summed E-state index contributed by atoms with van der Waals surface area (Å²) < 4.78 is 4.79. The minimum absolute atomic E-state index is 0.0513. The zero-order valence-electron chi connectivity index (χ0n) is 14.3. The van der Waals surface area contributed by atoms with Crippen LogP contribution in [-0.2, 0) is 14.3 Å². The number of fused-ring (bicyclic) bond motifs is 1. The number of hydrogen-bond acceptors (Lipinski definition) is 4. The molecule has 5 heteroatoms. The average molecular weight is 328 g/mol. The Morgan fingerprint density at radius 1 is 1.08 bits per heavy atom. The lowest BCUT2D eigenvalue weighted by Gasteiger charge is -2.18. The van der Waals surface area contributed by atoms with Gasteiger partial charge in [0.15, 0.2) is 0 Å². The van der Waals surface area contributed by atoms with Crippen molar-refractivity contribution in [1.82, 2.24) is 5.32 Å². The second kappa shape index (κ2) is 8.45. The first-order valence-electron chi connectivity index (χ1n) is 8.10. The fourth-order valence-electron chi connectivity index (χ4n) is 2.62. The number of amides is 1. The molecule has 0 spiro atoms. The highest BCUT2D eigenvalue weighted by atomic mass is 16.5. The molecule has 0 fully saturated rings. The molecule has 0 saturated carbocycles. The van der Waals surface area contributed by atoms with Crippen LogP contribution in [0.1, 0.15) is 20.3 Å². The van der Waals surface area contributed by atoms with Gasteiger partial charge < -0.3 is 10.1 Å². The van der Waals surface area contributed by atoms with Gasteiger partial charge in [-0.2, -0.15) is 0 Å². The zero-order chi connectivity index (χ0) is 17.5. The first kappa shape index (κ1) is 17.9. The van der Waals surface area contributed by atoms with Gasteiger partial charge in [0.25, 0.3) is 0 Å². The van der Waals surface area contributed by atoms with Crippen molar-refractivity contribution in [3.8, 4) is 0 Å². The minimum atomic E-state index is -0.478. The number of carbonyl (C=O) groups is 2. The van der Waals surface area contributed by atoms with Crippen molar-refractivity contribution < 1.29 is 14.3 Å². The van der Waals surface area contributed by atoms with Crippen molar-refractivity contribution in [2.24, 2.45) is 5.92 Å². The lowest BCUT2D eigenvalue weighted by molar-refractivity contribution is -0.143. The van der Waals surface area contributed by atoms with E-state index in [1.54, 1.807) is 0 Å². The van der Waals surface area contributed by atoms with Gasteiger partial charge in [-0.15, -0.1) is 0 Å². The van der Waals surface area contributed by atoms with E-state index in [0.717, 1.165) is 16.5 Å². The minimum Gasteiger partial charge on any atom is -0.468 e. The smallest absolute Gasteiger partial charge is 0.322 e. The lowest BCUT2D eigenvalue weighted by atomic mass is 10.0. The Morgan fingerprint density at radius 2 is 1.79 bits per heavy atom. The SMILES string of the molecule is COC(=O)C(CC(C)C)NCC(=O)Nc1cccc2ccccc12. The zero-order valence-corrected chi connectivity index (χ0v) is 14.3. The molecular weight excluding hydrogens is 304 g/mol. The van der Waals surface area contributed by atoms with Gasteiger partial charge in [-0.3, -0.25) is 14.9 Å². The summed E-state index contributed by atoms with van der Waals surface area (Å²) in [6.07, 6.45) is 0.619. The van der Waals surface area contributed by atoms with E-state index >= 15 is 0 Å². The van der Waals surface area contributed by atoms with E-state index < -0.39 is 6.04 Å². The third-order valence-electron chi connectivity index (χ3n) is 3.77. The van der Waals surface area contributed by atoms with Gasteiger partial charge in [0.1, 0.15) is 6.04 Å². The number of ether oxygens (including phenoxy) is 1. The van der Waals surface area contributed by atoms with Crippen LogP contribution in [0.4, 0.5) is 5.69 Å². The monoisotopic (exact) mass is 328 g/mol. The van der Waals surface area contributed by atoms with Crippen molar-refractivity contribution in [3.63, 3.8) is 0 Å². The van der Waals surface area contributed by atoms with Crippen molar-refractivity contribution in [1.29, 1.82) is 0 Å². The molecule has 1 amide bonds. The maximum absolute atomic E-state index is 12.2. The van der Waals surface area contributed by atoms with Crippen LogP contribution < -0.4 is 10.6 Å². The summed E-state index contributed by atoms with van der Waals surface area (Å²) in [6.45, 7) is 4.09. The summed E-state index contributed by atoms with van der Waals surface area (Å²) >= 11 is 0. The predicted molar refractivity (Wildman–Crippen MR) is 95.8 cm³/mol. The first-order chi connectivity index (χ1) is 11.5. The molecule has 0 aromatic heterocycles. The van der Waals surface area contributed by atoms with E-state index in [-0.39, 0.29) is 18.4 Å². The molecular formula is C19H24N2O3. The maximum atomic E-state index is 12.2. The molecule has 0 aliphatic carbocycles. The van der Waals surface area contributed by atoms with E-state index in [2.05, 4.69) is 10.6 Å². The van der Waals surface area contributed by atoms with Gasteiger partial charge in [0.05, 0.1) is 13.7 Å². The highest BCUT2D eigenvalue weighted by Gasteiger charge is 2.20. The molecule has 2 rings (SSSR count). The Balaban J connectivity index is 2.00. The summed E-state index contributed by atoms with van der Waals surface area (Å²) in [4.78, 5) is 24.0. The van der Waals surface area contributed by atoms with Crippen LogP contribution in [0.3, 0.4) is 0 Å². The summed E-state index contributed by atoms with van der Waals surface area (Å²) in [5, 5.41) is 7.93. The first-order valence-corrected chi connectivity index (χ1v) is 8.10. The topological polar surface area (TPSA) is 67.4 Å². The normalized spacial score (nSPS) is 12.2.